The van der Waals surface area contributed by atoms with Gasteiger partial charge in [-0.15, -0.1) is 0 Å². The second-order valence-electron chi connectivity index (χ2n) is 3.92. The first-order valence-electron chi connectivity index (χ1n) is 5.24. The molecule has 3 N–H and O–H groups in total. The minimum Gasteiger partial charge on any atom is -0.480 e. The molecule has 100 valence electrons. The van der Waals surface area contributed by atoms with Crippen molar-refractivity contribution in [2.75, 3.05) is 20.8 Å². The number of nitrogens with one attached hydrogen (secondary N) is 1. The molecule has 0 bridgehead atoms. The van der Waals surface area contributed by atoms with E-state index in [1.165, 1.54) is 26.0 Å². The number of aliphatic hydroxyl groups excluding tert-OH is 1. The standard InChI is InChI=1S/C10H20N2O5/c1-6(5-17-4)12(3)10(16)11-8(7(2)13)9(14)15/h6-8,13H,5H2,1-4H3,(H,11,16)(H,14,15). The molecule has 0 heterocycles. The first-order valence-corrected chi connectivity index (χ1v) is 5.24. The van der Waals surface area contributed by atoms with Crippen molar-refractivity contribution in [1.82, 2.24) is 10.2 Å². The normalized spacial score (nSPS) is 15.8. The van der Waals surface area contributed by atoms with Gasteiger partial charge < -0.3 is 25.2 Å². The van der Waals surface area contributed by atoms with E-state index in [2.05, 4.69) is 5.32 Å². The predicted octanol–water partition coefficient (Wildman–Crippen LogP) is -0.503. The SMILES string of the molecule is COCC(C)N(C)C(=O)NC(C(=O)O)C(C)O. The Morgan fingerprint density at radius 1 is 1.41 bits per heavy atom. The average Bonchev–Trinajstić information content (AvgIpc) is 2.23. The number of hydrogen-bond acceptors (Lipinski definition) is 4. The van der Waals surface area contributed by atoms with Gasteiger partial charge >= 0.3 is 12.0 Å². The molecule has 0 aromatic rings. The summed E-state index contributed by atoms with van der Waals surface area (Å²) in [5, 5.41) is 20.3. The summed E-state index contributed by atoms with van der Waals surface area (Å²) in [6, 6.07) is -2.08. The van der Waals surface area contributed by atoms with Crippen molar-refractivity contribution in [3.63, 3.8) is 0 Å². The number of aliphatic hydroxyl groups is 1. The number of carbonyl (C=O) groups is 2. The van der Waals surface area contributed by atoms with Crippen LogP contribution in [-0.2, 0) is 9.53 Å². The number of carboxylic acids is 1. The summed E-state index contributed by atoms with van der Waals surface area (Å²) in [6.07, 6.45) is -1.16. The number of hydrogen-bond donors (Lipinski definition) is 3. The third kappa shape index (κ3) is 5.01. The lowest BCUT2D eigenvalue weighted by Gasteiger charge is -2.27. The van der Waals surface area contributed by atoms with Crippen LogP contribution in [0.3, 0.4) is 0 Å². The first kappa shape index (κ1) is 15.7. The van der Waals surface area contributed by atoms with E-state index in [1.54, 1.807) is 6.92 Å². The van der Waals surface area contributed by atoms with E-state index in [4.69, 9.17) is 9.84 Å². The van der Waals surface area contributed by atoms with E-state index in [0.717, 1.165) is 0 Å². The lowest BCUT2D eigenvalue weighted by Crippen LogP contribution is -2.53. The van der Waals surface area contributed by atoms with Crippen molar-refractivity contribution >= 4 is 12.0 Å². The number of nitrogens with zero attached hydrogens (tertiary/aromatic N) is 1. The molecule has 2 amide bonds. The number of carboxylic acid groups (broad SMARTS) is 1. The van der Waals surface area contributed by atoms with E-state index < -0.39 is 24.1 Å². The summed E-state index contributed by atoms with van der Waals surface area (Å²) in [5.41, 5.74) is 0. The van der Waals surface area contributed by atoms with Crippen molar-refractivity contribution < 1.29 is 24.5 Å². The van der Waals surface area contributed by atoms with Crippen LogP contribution in [0, 0.1) is 0 Å². The number of carbonyl (C=O) groups excluding carboxylic acids is 1. The Labute approximate surface area is 100 Å². The van der Waals surface area contributed by atoms with Crippen LogP contribution in [0.4, 0.5) is 4.79 Å². The molecule has 3 unspecified atom stereocenters. The van der Waals surface area contributed by atoms with Crippen LogP contribution in [0.1, 0.15) is 13.8 Å². The van der Waals surface area contributed by atoms with Crippen LogP contribution in [-0.4, -0.2) is 66.1 Å². The van der Waals surface area contributed by atoms with Crippen molar-refractivity contribution in [2.24, 2.45) is 0 Å². The number of amides is 2. The number of aliphatic carboxylic acids is 1. The maximum Gasteiger partial charge on any atom is 0.328 e. The summed E-state index contributed by atoms with van der Waals surface area (Å²) in [7, 11) is 3.04. The highest BCUT2D eigenvalue weighted by Gasteiger charge is 2.27. The summed E-state index contributed by atoms with van der Waals surface area (Å²) < 4.78 is 4.89. The number of methoxy groups -OCH3 is 1. The second kappa shape index (κ2) is 7.08. The van der Waals surface area contributed by atoms with Crippen LogP contribution in [0.5, 0.6) is 0 Å². The van der Waals surface area contributed by atoms with Crippen LogP contribution in [0.2, 0.25) is 0 Å². The minimum absolute atomic E-state index is 0.191. The highest BCUT2D eigenvalue weighted by atomic mass is 16.5. The Morgan fingerprint density at radius 2 is 1.94 bits per heavy atom. The third-order valence-corrected chi connectivity index (χ3v) is 2.42. The maximum absolute atomic E-state index is 11.7. The molecule has 0 aliphatic rings. The monoisotopic (exact) mass is 248 g/mol. The molecule has 0 spiro atoms. The van der Waals surface area contributed by atoms with Crippen molar-refractivity contribution in [2.45, 2.75) is 32.0 Å². The molecular formula is C10H20N2O5. The van der Waals surface area contributed by atoms with Crippen molar-refractivity contribution in [3.05, 3.63) is 0 Å². The van der Waals surface area contributed by atoms with Gasteiger partial charge in [0, 0.05) is 14.2 Å². The lowest BCUT2D eigenvalue weighted by atomic mass is 10.2. The van der Waals surface area contributed by atoms with Crippen LogP contribution in [0.15, 0.2) is 0 Å². The molecule has 0 aromatic carbocycles. The molecular weight excluding hydrogens is 228 g/mol. The van der Waals surface area contributed by atoms with Gasteiger partial charge in [0.2, 0.25) is 0 Å². The predicted molar refractivity (Wildman–Crippen MR) is 60.7 cm³/mol. The third-order valence-electron chi connectivity index (χ3n) is 2.42. The number of likely N-dealkylation sites (N-methyl/N-ethyl adjacent to an activating group) is 1. The van der Waals surface area contributed by atoms with Gasteiger partial charge in [0.1, 0.15) is 0 Å². The molecule has 0 saturated heterocycles. The van der Waals surface area contributed by atoms with Gasteiger partial charge in [0.15, 0.2) is 6.04 Å². The van der Waals surface area contributed by atoms with E-state index in [9.17, 15) is 14.7 Å². The summed E-state index contributed by atoms with van der Waals surface area (Å²) in [5.74, 6) is -1.28. The lowest BCUT2D eigenvalue weighted by molar-refractivity contribution is -0.141. The fourth-order valence-corrected chi connectivity index (χ4v) is 1.18. The van der Waals surface area contributed by atoms with E-state index in [0.29, 0.717) is 6.61 Å². The van der Waals surface area contributed by atoms with E-state index >= 15 is 0 Å². The smallest absolute Gasteiger partial charge is 0.328 e. The topological polar surface area (TPSA) is 99.1 Å². The zero-order valence-corrected chi connectivity index (χ0v) is 10.5. The molecule has 0 aromatic heterocycles. The number of ether oxygens (including phenoxy) is 1. The molecule has 0 saturated carbocycles. The second-order valence-corrected chi connectivity index (χ2v) is 3.92. The molecule has 3 atom stereocenters. The largest absolute Gasteiger partial charge is 0.480 e. The van der Waals surface area contributed by atoms with Crippen molar-refractivity contribution in [3.8, 4) is 0 Å². The van der Waals surface area contributed by atoms with Gasteiger partial charge in [-0.05, 0) is 13.8 Å². The molecule has 0 rings (SSSR count). The Bertz CT molecular complexity index is 269. The Kier molecular flexibility index (Phi) is 6.52. The molecule has 0 aliphatic heterocycles. The molecule has 0 fully saturated rings. The highest BCUT2D eigenvalue weighted by molar-refractivity contribution is 5.83. The fourth-order valence-electron chi connectivity index (χ4n) is 1.18. The molecule has 7 heteroatoms. The van der Waals surface area contributed by atoms with E-state index in [-0.39, 0.29) is 6.04 Å². The van der Waals surface area contributed by atoms with Crippen LogP contribution >= 0.6 is 0 Å². The average molecular weight is 248 g/mol. The summed E-state index contributed by atoms with van der Waals surface area (Å²) in [4.78, 5) is 23.8. The van der Waals surface area contributed by atoms with Gasteiger partial charge in [0.25, 0.3) is 0 Å². The Balaban J connectivity index is 4.45. The zero-order chi connectivity index (χ0) is 13.6. The molecule has 0 radical (unpaired) electrons. The number of urea groups is 1. The summed E-state index contributed by atoms with van der Waals surface area (Å²) >= 11 is 0. The molecule has 0 aliphatic carbocycles. The fraction of sp³-hybridized carbons (Fsp3) is 0.800. The first-order chi connectivity index (χ1) is 7.81. The van der Waals surface area contributed by atoms with E-state index in [1.807, 2.05) is 0 Å². The van der Waals surface area contributed by atoms with Gasteiger partial charge in [-0.1, -0.05) is 0 Å². The zero-order valence-electron chi connectivity index (χ0n) is 10.5. The molecule has 17 heavy (non-hydrogen) atoms. The van der Waals surface area contributed by atoms with Crippen molar-refractivity contribution in [1.29, 1.82) is 0 Å². The maximum atomic E-state index is 11.7. The van der Waals surface area contributed by atoms with Gasteiger partial charge in [-0.3, -0.25) is 0 Å². The quantitative estimate of drug-likeness (QED) is 0.588. The number of rotatable bonds is 6. The van der Waals surface area contributed by atoms with Crippen LogP contribution in [0.25, 0.3) is 0 Å². The van der Waals surface area contributed by atoms with Gasteiger partial charge in [-0.25, -0.2) is 9.59 Å². The Morgan fingerprint density at radius 3 is 2.29 bits per heavy atom. The Hall–Kier alpha value is -1.34. The van der Waals surface area contributed by atoms with Gasteiger partial charge in [0.05, 0.1) is 18.8 Å². The van der Waals surface area contributed by atoms with Crippen LogP contribution < -0.4 is 5.32 Å². The van der Waals surface area contributed by atoms with Gasteiger partial charge in [-0.2, -0.15) is 0 Å². The molecule has 7 nitrogen and oxygen atoms in total. The highest BCUT2D eigenvalue weighted by Crippen LogP contribution is 1.99. The minimum atomic E-state index is -1.32. The summed E-state index contributed by atoms with van der Waals surface area (Å²) in [6.45, 7) is 3.41.